The molecule has 6 heteroatoms. The van der Waals surface area contributed by atoms with E-state index in [4.69, 9.17) is 4.42 Å². The van der Waals surface area contributed by atoms with Crippen LogP contribution in [0.5, 0.6) is 0 Å². The Labute approximate surface area is 145 Å². The van der Waals surface area contributed by atoms with E-state index in [1.54, 1.807) is 17.0 Å². The largest absolute Gasteiger partial charge is 0.459 e. The zero-order chi connectivity index (χ0) is 17.3. The maximum Gasteiger partial charge on any atom is 0.295 e. The Morgan fingerprint density at radius 3 is 2.62 bits per heavy atom. The molecule has 0 saturated carbocycles. The zero-order valence-electron chi connectivity index (χ0n) is 14.4. The number of rotatable bonds is 5. The van der Waals surface area contributed by atoms with E-state index < -0.39 is 0 Å². The van der Waals surface area contributed by atoms with Crippen molar-refractivity contribution in [2.24, 2.45) is 0 Å². The number of thiazole rings is 1. The number of benzene rings is 1. The monoisotopic (exact) mass is 343 g/mol. The molecule has 0 N–H and O–H groups in total. The molecule has 0 aliphatic heterocycles. The highest BCUT2D eigenvalue weighted by atomic mass is 32.1. The van der Waals surface area contributed by atoms with Crippen LogP contribution < -0.4 is 4.90 Å². The Hall–Kier alpha value is -2.18. The lowest BCUT2D eigenvalue weighted by Crippen LogP contribution is -2.36. The molecular weight excluding hydrogens is 322 g/mol. The number of hydrogen-bond donors (Lipinski definition) is 0. The minimum Gasteiger partial charge on any atom is -0.459 e. The van der Waals surface area contributed by atoms with Gasteiger partial charge in [0.25, 0.3) is 5.91 Å². The summed E-state index contributed by atoms with van der Waals surface area (Å²) in [6, 6.07) is 7.62. The van der Waals surface area contributed by atoms with Crippen molar-refractivity contribution in [3.8, 4) is 0 Å². The van der Waals surface area contributed by atoms with Crippen molar-refractivity contribution in [3.63, 3.8) is 0 Å². The van der Waals surface area contributed by atoms with E-state index in [2.05, 4.69) is 31.0 Å². The summed E-state index contributed by atoms with van der Waals surface area (Å²) < 4.78 is 6.38. The van der Waals surface area contributed by atoms with Crippen molar-refractivity contribution in [1.82, 2.24) is 9.88 Å². The number of hydrogen-bond acceptors (Lipinski definition) is 5. The number of anilines is 1. The maximum absolute atomic E-state index is 12.8. The molecule has 3 rings (SSSR count). The molecule has 0 bridgehead atoms. The number of aryl methyl sites for hydroxylation is 2. The number of fused-ring (bicyclic) bond motifs is 1. The van der Waals surface area contributed by atoms with Crippen LogP contribution in [0.2, 0.25) is 0 Å². The van der Waals surface area contributed by atoms with Gasteiger partial charge in [-0.15, -0.1) is 0 Å². The van der Waals surface area contributed by atoms with Crippen molar-refractivity contribution >= 4 is 32.6 Å². The van der Waals surface area contributed by atoms with E-state index in [0.29, 0.717) is 17.4 Å². The topological polar surface area (TPSA) is 49.6 Å². The molecule has 0 saturated heterocycles. The molecule has 126 valence electrons. The van der Waals surface area contributed by atoms with Gasteiger partial charge in [-0.2, -0.15) is 0 Å². The molecule has 1 aromatic carbocycles. The van der Waals surface area contributed by atoms with Gasteiger partial charge in [0.05, 0.1) is 16.5 Å². The number of likely N-dealkylation sites (N-methyl/N-ethyl adjacent to an activating group) is 1. The third-order valence-corrected chi connectivity index (χ3v) is 5.01. The molecule has 0 aliphatic carbocycles. The highest BCUT2D eigenvalue weighted by Crippen LogP contribution is 2.31. The van der Waals surface area contributed by atoms with E-state index in [0.717, 1.165) is 16.8 Å². The second-order valence-electron chi connectivity index (χ2n) is 6.14. The zero-order valence-corrected chi connectivity index (χ0v) is 15.2. The average Bonchev–Trinajstić information content (AvgIpc) is 3.17. The molecular formula is C18H21N3O2S. The van der Waals surface area contributed by atoms with E-state index in [1.807, 2.05) is 19.0 Å². The van der Waals surface area contributed by atoms with Gasteiger partial charge in [-0.3, -0.25) is 9.69 Å². The van der Waals surface area contributed by atoms with E-state index in [9.17, 15) is 4.79 Å². The molecule has 0 unspecified atom stereocenters. The summed E-state index contributed by atoms with van der Waals surface area (Å²) in [6.07, 6.45) is 1.52. The van der Waals surface area contributed by atoms with Gasteiger partial charge in [-0.1, -0.05) is 11.3 Å². The molecule has 1 amide bonds. The highest BCUT2D eigenvalue weighted by Gasteiger charge is 2.23. The predicted octanol–water partition coefficient (Wildman–Crippen LogP) is 3.71. The first-order valence-corrected chi connectivity index (χ1v) is 8.65. The van der Waals surface area contributed by atoms with Crippen molar-refractivity contribution in [3.05, 3.63) is 47.4 Å². The smallest absolute Gasteiger partial charge is 0.295 e. The molecule has 0 radical (unpaired) electrons. The van der Waals surface area contributed by atoms with Crippen LogP contribution in [0.25, 0.3) is 10.2 Å². The van der Waals surface area contributed by atoms with Crippen LogP contribution >= 0.6 is 11.3 Å². The maximum atomic E-state index is 12.8. The molecule has 2 aromatic heterocycles. The number of aromatic nitrogens is 1. The minimum atomic E-state index is -0.158. The van der Waals surface area contributed by atoms with Gasteiger partial charge in [0.1, 0.15) is 0 Å². The number of furan rings is 1. The lowest BCUT2D eigenvalue weighted by Gasteiger charge is -2.20. The highest BCUT2D eigenvalue weighted by molar-refractivity contribution is 7.22. The lowest BCUT2D eigenvalue weighted by molar-refractivity contribution is 0.0958. The Balaban J connectivity index is 1.99. The normalized spacial score (nSPS) is 11.4. The molecule has 24 heavy (non-hydrogen) atoms. The number of carbonyl (C=O) groups is 1. The summed E-state index contributed by atoms with van der Waals surface area (Å²) in [5, 5.41) is 0.707. The van der Waals surface area contributed by atoms with Crippen LogP contribution in [0.15, 0.2) is 34.9 Å². The van der Waals surface area contributed by atoms with Gasteiger partial charge < -0.3 is 9.32 Å². The molecule has 0 fully saturated rings. The SMILES string of the molecule is Cc1cc2nc(N(CCN(C)C)C(=O)c3ccco3)sc2cc1C. The Morgan fingerprint density at radius 2 is 1.96 bits per heavy atom. The van der Waals surface area contributed by atoms with E-state index in [1.165, 1.54) is 28.7 Å². The molecule has 2 heterocycles. The third-order valence-electron chi connectivity index (χ3n) is 3.97. The molecule has 3 aromatic rings. The van der Waals surface area contributed by atoms with Crippen LogP contribution in [0.4, 0.5) is 5.13 Å². The van der Waals surface area contributed by atoms with Crippen molar-refractivity contribution in [2.75, 3.05) is 32.1 Å². The van der Waals surface area contributed by atoms with Gasteiger partial charge in [-0.05, 0) is 63.3 Å². The first-order chi connectivity index (χ1) is 11.5. The predicted molar refractivity (Wildman–Crippen MR) is 98.0 cm³/mol. The van der Waals surface area contributed by atoms with Crippen LogP contribution in [0.1, 0.15) is 21.7 Å². The fourth-order valence-electron chi connectivity index (χ4n) is 2.40. The van der Waals surface area contributed by atoms with Gasteiger partial charge in [0, 0.05) is 13.1 Å². The van der Waals surface area contributed by atoms with Gasteiger partial charge in [0.2, 0.25) is 0 Å². The first kappa shape index (κ1) is 16.7. The fraction of sp³-hybridized carbons (Fsp3) is 0.333. The third kappa shape index (κ3) is 3.34. The summed E-state index contributed by atoms with van der Waals surface area (Å²) >= 11 is 1.54. The van der Waals surface area contributed by atoms with Gasteiger partial charge in [0.15, 0.2) is 10.9 Å². The quantitative estimate of drug-likeness (QED) is 0.708. The Bertz CT molecular complexity index is 814. The van der Waals surface area contributed by atoms with Crippen molar-refractivity contribution in [1.29, 1.82) is 0 Å². The standard InChI is InChI=1S/C18H21N3O2S/c1-12-10-14-16(11-13(12)2)24-18(19-14)21(8-7-20(3)4)17(22)15-6-5-9-23-15/h5-6,9-11H,7-8H2,1-4H3. The summed E-state index contributed by atoms with van der Waals surface area (Å²) in [7, 11) is 3.97. The lowest BCUT2D eigenvalue weighted by atomic mass is 10.1. The number of nitrogens with zero attached hydrogens (tertiary/aromatic N) is 3. The van der Waals surface area contributed by atoms with Crippen molar-refractivity contribution in [2.45, 2.75) is 13.8 Å². The molecule has 0 aliphatic rings. The first-order valence-electron chi connectivity index (χ1n) is 7.83. The molecule has 0 atom stereocenters. The van der Waals surface area contributed by atoms with Crippen LogP contribution in [0.3, 0.4) is 0 Å². The van der Waals surface area contributed by atoms with E-state index >= 15 is 0 Å². The minimum absolute atomic E-state index is 0.158. The number of amides is 1. The van der Waals surface area contributed by atoms with Gasteiger partial charge in [-0.25, -0.2) is 4.98 Å². The summed E-state index contributed by atoms with van der Waals surface area (Å²) in [5.41, 5.74) is 3.37. The Morgan fingerprint density at radius 1 is 1.21 bits per heavy atom. The fourth-order valence-corrected chi connectivity index (χ4v) is 3.47. The summed E-state index contributed by atoms with van der Waals surface area (Å²) in [6.45, 7) is 5.47. The Kier molecular flexibility index (Phi) is 4.69. The van der Waals surface area contributed by atoms with Crippen LogP contribution in [-0.4, -0.2) is 43.0 Å². The second kappa shape index (κ2) is 6.75. The van der Waals surface area contributed by atoms with Crippen LogP contribution in [-0.2, 0) is 0 Å². The van der Waals surface area contributed by atoms with E-state index in [-0.39, 0.29) is 5.91 Å². The molecule has 5 nitrogen and oxygen atoms in total. The average molecular weight is 343 g/mol. The van der Waals surface area contributed by atoms with Crippen LogP contribution in [0, 0.1) is 13.8 Å². The molecule has 0 spiro atoms. The van der Waals surface area contributed by atoms with Gasteiger partial charge >= 0.3 is 0 Å². The second-order valence-corrected chi connectivity index (χ2v) is 7.15. The van der Waals surface area contributed by atoms with Crippen molar-refractivity contribution < 1.29 is 9.21 Å². The number of carbonyl (C=O) groups excluding carboxylic acids is 1. The summed E-state index contributed by atoms with van der Waals surface area (Å²) in [5.74, 6) is 0.176. The summed E-state index contributed by atoms with van der Waals surface area (Å²) in [4.78, 5) is 21.2.